The van der Waals surface area contributed by atoms with Crippen molar-refractivity contribution in [2.24, 2.45) is 10.8 Å². The fourth-order valence-electron chi connectivity index (χ4n) is 5.41. The zero-order valence-electron chi connectivity index (χ0n) is 13.4. The van der Waals surface area contributed by atoms with Gasteiger partial charge in [0.1, 0.15) is 11.6 Å². The molecule has 0 heterocycles. The average Bonchev–Trinajstić information content (AvgIpc) is 2.84. The van der Waals surface area contributed by atoms with Gasteiger partial charge in [0.25, 0.3) is 0 Å². The Morgan fingerprint density at radius 3 is 1.41 bits per heavy atom. The molecule has 0 bridgehead atoms. The molecule has 0 spiro atoms. The van der Waals surface area contributed by atoms with Gasteiger partial charge in [-0.15, -0.1) is 0 Å². The Morgan fingerprint density at radius 2 is 1.05 bits per heavy atom. The van der Waals surface area contributed by atoms with Crippen molar-refractivity contribution in [3.63, 3.8) is 0 Å². The Bertz CT molecular complexity index is 398. The third kappa shape index (κ3) is 2.76. The SMILES string of the molecule is O=C1CC23CCCC[C@@H](O)[C@H](O)CCCCC2(C1)CC(=O)C3. The molecule has 124 valence electrons. The van der Waals surface area contributed by atoms with Crippen LogP contribution in [-0.4, -0.2) is 34.0 Å². The molecule has 2 atom stereocenters. The minimum absolute atomic E-state index is 0.0933. The standard InChI is InChI=1S/C18H28O4/c19-13-9-17-7-3-1-5-15(21)16(22)6-2-4-8-18(17,11-13)12-14(20)10-17/h15-16,21-22H,1-12H2/t15-,16-,17?,18?/m1/s1. The lowest BCUT2D eigenvalue weighted by molar-refractivity contribution is -0.120. The van der Waals surface area contributed by atoms with E-state index < -0.39 is 12.2 Å². The van der Waals surface area contributed by atoms with Gasteiger partial charge in [-0.25, -0.2) is 0 Å². The van der Waals surface area contributed by atoms with Crippen LogP contribution < -0.4 is 0 Å². The maximum absolute atomic E-state index is 12.2. The summed E-state index contributed by atoms with van der Waals surface area (Å²) in [6.45, 7) is 0. The minimum atomic E-state index is -0.628. The number of hydrogen-bond acceptors (Lipinski definition) is 4. The van der Waals surface area contributed by atoms with Gasteiger partial charge in [0, 0.05) is 25.7 Å². The molecular formula is C18H28O4. The first-order valence-corrected chi connectivity index (χ1v) is 8.86. The second kappa shape index (κ2) is 6.04. The molecule has 0 aromatic heterocycles. The summed E-state index contributed by atoms with van der Waals surface area (Å²) in [5.74, 6) is 0.671. The predicted molar refractivity (Wildman–Crippen MR) is 82.3 cm³/mol. The number of ketones is 2. The molecule has 0 aliphatic heterocycles. The molecule has 4 nitrogen and oxygen atoms in total. The van der Waals surface area contributed by atoms with Crippen LogP contribution in [0.15, 0.2) is 0 Å². The van der Waals surface area contributed by atoms with Gasteiger partial charge in [-0.05, 0) is 36.5 Å². The van der Waals surface area contributed by atoms with Gasteiger partial charge in [0.2, 0.25) is 0 Å². The fourth-order valence-corrected chi connectivity index (χ4v) is 5.41. The summed E-state index contributed by atoms with van der Waals surface area (Å²) in [6, 6.07) is 0. The third-order valence-corrected chi connectivity index (χ3v) is 6.52. The van der Waals surface area contributed by atoms with Crippen LogP contribution in [0.2, 0.25) is 0 Å². The molecule has 3 fully saturated rings. The number of Topliss-reactive ketones (excluding diaryl/α,β-unsaturated/α-hetero) is 2. The van der Waals surface area contributed by atoms with E-state index in [1.54, 1.807) is 0 Å². The maximum atomic E-state index is 12.2. The first kappa shape index (κ1) is 16.1. The van der Waals surface area contributed by atoms with Gasteiger partial charge in [0.05, 0.1) is 12.2 Å². The molecule has 0 amide bonds. The second-order valence-electron chi connectivity index (χ2n) is 7.97. The van der Waals surface area contributed by atoms with Crippen LogP contribution in [0.25, 0.3) is 0 Å². The van der Waals surface area contributed by atoms with Gasteiger partial charge in [-0.2, -0.15) is 0 Å². The van der Waals surface area contributed by atoms with Crippen LogP contribution in [0.3, 0.4) is 0 Å². The zero-order chi connectivity index (χ0) is 15.8. The average molecular weight is 308 g/mol. The summed E-state index contributed by atoms with van der Waals surface area (Å²) in [7, 11) is 0. The van der Waals surface area contributed by atoms with E-state index in [1.165, 1.54) is 0 Å². The van der Waals surface area contributed by atoms with E-state index in [2.05, 4.69) is 0 Å². The number of hydrogen-bond donors (Lipinski definition) is 2. The Morgan fingerprint density at radius 1 is 0.682 bits per heavy atom. The number of aliphatic hydroxyl groups is 2. The van der Waals surface area contributed by atoms with Crippen LogP contribution in [0.5, 0.6) is 0 Å². The van der Waals surface area contributed by atoms with Crippen molar-refractivity contribution in [1.29, 1.82) is 0 Å². The normalized spacial score (nSPS) is 44.1. The highest BCUT2D eigenvalue weighted by molar-refractivity contribution is 5.91. The molecule has 0 saturated heterocycles. The van der Waals surface area contributed by atoms with E-state index in [1.807, 2.05) is 0 Å². The molecular weight excluding hydrogens is 280 g/mol. The molecule has 3 aliphatic carbocycles. The Kier molecular flexibility index (Phi) is 4.43. The largest absolute Gasteiger partial charge is 0.390 e. The summed E-state index contributed by atoms with van der Waals surface area (Å²) >= 11 is 0. The van der Waals surface area contributed by atoms with Crippen molar-refractivity contribution in [2.75, 3.05) is 0 Å². The summed E-state index contributed by atoms with van der Waals surface area (Å²) in [5, 5.41) is 19.9. The fraction of sp³-hybridized carbons (Fsp3) is 0.889. The van der Waals surface area contributed by atoms with Crippen molar-refractivity contribution in [3.05, 3.63) is 0 Å². The lowest BCUT2D eigenvalue weighted by Crippen LogP contribution is -2.33. The molecule has 0 unspecified atom stereocenters. The third-order valence-electron chi connectivity index (χ3n) is 6.52. The highest BCUT2D eigenvalue weighted by atomic mass is 16.3. The van der Waals surface area contributed by atoms with E-state index in [9.17, 15) is 19.8 Å². The van der Waals surface area contributed by atoms with Crippen molar-refractivity contribution in [1.82, 2.24) is 0 Å². The highest BCUT2D eigenvalue weighted by Crippen LogP contribution is 2.65. The number of carbonyl (C=O) groups excluding carboxylic acids is 2. The molecule has 0 aromatic carbocycles. The lowest BCUT2D eigenvalue weighted by atomic mass is 9.63. The van der Waals surface area contributed by atoms with Crippen molar-refractivity contribution >= 4 is 11.6 Å². The summed E-state index contributed by atoms with van der Waals surface area (Å²) in [6.07, 6.45) is 7.77. The van der Waals surface area contributed by atoms with E-state index in [4.69, 9.17) is 0 Å². The predicted octanol–water partition coefficient (Wildman–Crippen LogP) is 2.54. The van der Waals surface area contributed by atoms with Gasteiger partial charge in [-0.1, -0.05) is 25.7 Å². The van der Waals surface area contributed by atoms with Crippen molar-refractivity contribution in [3.8, 4) is 0 Å². The highest BCUT2D eigenvalue weighted by Gasteiger charge is 2.61. The quantitative estimate of drug-likeness (QED) is 0.721. The lowest BCUT2D eigenvalue weighted by Gasteiger charge is -2.40. The van der Waals surface area contributed by atoms with Crippen molar-refractivity contribution in [2.45, 2.75) is 89.3 Å². The van der Waals surface area contributed by atoms with Crippen molar-refractivity contribution < 1.29 is 19.8 Å². The van der Waals surface area contributed by atoms with E-state index in [0.717, 1.165) is 38.5 Å². The monoisotopic (exact) mass is 308 g/mol. The Balaban J connectivity index is 1.80. The zero-order valence-corrected chi connectivity index (χ0v) is 13.4. The first-order valence-electron chi connectivity index (χ1n) is 8.86. The number of aliphatic hydroxyl groups excluding tert-OH is 2. The van der Waals surface area contributed by atoms with E-state index >= 15 is 0 Å². The van der Waals surface area contributed by atoms with Gasteiger partial charge >= 0.3 is 0 Å². The van der Waals surface area contributed by atoms with E-state index in [-0.39, 0.29) is 10.8 Å². The summed E-state index contributed by atoms with van der Waals surface area (Å²) in [5.41, 5.74) is -0.187. The molecule has 3 saturated carbocycles. The molecule has 3 aliphatic rings. The molecule has 3 rings (SSSR count). The van der Waals surface area contributed by atoms with Crippen LogP contribution in [0.4, 0.5) is 0 Å². The molecule has 22 heavy (non-hydrogen) atoms. The van der Waals surface area contributed by atoms with Gasteiger partial charge in [-0.3, -0.25) is 9.59 Å². The van der Waals surface area contributed by atoms with Crippen LogP contribution in [-0.2, 0) is 9.59 Å². The van der Waals surface area contributed by atoms with Gasteiger partial charge < -0.3 is 10.2 Å². The molecule has 0 radical (unpaired) electrons. The number of rotatable bonds is 0. The number of carbonyl (C=O) groups is 2. The van der Waals surface area contributed by atoms with Crippen LogP contribution >= 0.6 is 0 Å². The molecule has 2 N–H and O–H groups in total. The topological polar surface area (TPSA) is 74.6 Å². The van der Waals surface area contributed by atoms with Crippen LogP contribution in [0.1, 0.15) is 77.0 Å². The van der Waals surface area contributed by atoms with Crippen LogP contribution in [0, 0.1) is 10.8 Å². The summed E-state index contributed by atoms with van der Waals surface area (Å²) in [4.78, 5) is 24.3. The molecule has 4 heteroatoms. The Labute approximate surface area is 132 Å². The second-order valence-corrected chi connectivity index (χ2v) is 7.97. The van der Waals surface area contributed by atoms with E-state index in [0.29, 0.717) is 50.1 Å². The summed E-state index contributed by atoms with van der Waals surface area (Å²) < 4.78 is 0. The Hall–Kier alpha value is -0.740. The molecule has 0 aromatic rings. The maximum Gasteiger partial charge on any atom is 0.134 e. The smallest absolute Gasteiger partial charge is 0.134 e. The first-order chi connectivity index (χ1) is 10.5. The van der Waals surface area contributed by atoms with Gasteiger partial charge in [0.15, 0.2) is 0 Å². The minimum Gasteiger partial charge on any atom is -0.390 e.